The van der Waals surface area contributed by atoms with E-state index in [1.807, 2.05) is 12.1 Å². The molecule has 0 aromatic heterocycles. The van der Waals surface area contributed by atoms with Gasteiger partial charge in [0.25, 0.3) is 5.91 Å². The lowest BCUT2D eigenvalue weighted by Gasteiger charge is -2.22. The summed E-state index contributed by atoms with van der Waals surface area (Å²) < 4.78 is 30.7. The molecule has 30 heavy (non-hydrogen) atoms. The molecule has 0 aliphatic rings. The standard InChI is InChI=1S/C20H23Cl2N3O4S/c1-3-4-11-29-17-8-5-15(6-9-17)13-23-24-20(26)14-25(30(2,27)28)19-12-16(21)7-10-18(19)22/h5-10,12-13H,3-4,11,14H2,1-2H3,(H,24,26)/b23-13-. The molecule has 2 rings (SSSR count). The van der Waals surface area contributed by atoms with Crippen LogP contribution in [0.15, 0.2) is 47.6 Å². The van der Waals surface area contributed by atoms with Crippen molar-refractivity contribution in [3.8, 4) is 5.75 Å². The van der Waals surface area contributed by atoms with Crippen molar-refractivity contribution in [3.05, 3.63) is 58.1 Å². The summed E-state index contributed by atoms with van der Waals surface area (Å²) >= 11 is 12.0. The molecule has 0 aliphatic carbocycles. The quantitative estimate of drug-likeness (QED) is 0.321. The summed E-state index contributed by atoms with van der Waals surface area (Å²) in [5.74, 6) is 0.124. The van der Waals surface area contributed by atoms with Crippen molar-refractivity contribution in [2.24, 2.45) is 5.10 Å². The number of benzene rings is 2. The van der Waals surface area contributed by atoms with Crippen molar-refractivity contribution in [1.82, 2.24) is 5.43 Å². The third-order valence-corrected chi connectivity index (χ3v) is 5.60. The highest BCUT2D eigenvalue weighted by Crippen LogP contribution is 2.30. The van der Waals surface area contributed by atoms with Gasteiger partial charge in [0.15, 0.2) is 0 Å². The molecule has 1 N–H and O–H groups in total. The number of hydrogen-bond donors (Lipinski definition) is 1. The normalized spacial score (nSPS) is 11.5. The van der Waals surface area contributed by atoms with Gasteiger partial charge >= 0.3 is 0 Å². The van der Waals surface area contributed by atoms with Crippen LogP contribution in [0.5, 0.6) is 5.75 Å². The lowest BCUT2D eigenvalue weighted by atomic mass is 10.2. The lowest BCUT2D eigenvalue weighted by molar-refractivity contribution is -0.119. The maximum Gasteiger partial charge on any atom is 0.260 e. The molecule has 0 fully saturated rings. The molecule has 0 aliphatic heterocycles. The van der Waals surface area contributed by atoms with Crippen molar-refractivity contribution in [2.45, 2.75) is 19.8 Å². The van der Waals surface area contributed by atoms with Gasteiger partial charge in [-0.2, -0.15) is 5.10 Å². The molecule has 2 aromatic carbocycles. The highest BCUT2D eigenvalue weighted by molar-refractivity contribution is 7.92. The molecule has 0 bridgehead atoms. The second-order valence-corrected chi connectivity index (χ2v) is 9.18. The van der Waals surface area contributed by atoms with E-state index in [4.69, 9.17) is 27.9 Å². The number of hydrogen-bond acceptors (Lipinski definition) is 5. The predicted octanol–water partition coefficient (Wildman–Crippen LogP) is 4.09. The minimum atomic E-state index is -3.78. The van der Waals surface area contributed by atoms with Gasteiger partial charge in [-0.05, 0) is 54.4 Å². The number of ether oxygens (including phenoxy) is 1. The Morgan fingerprint density at radius 2 is 1.90 bits per heavy atom. The highest BCUT2D eigenvalue weighted by Gasteiger charge is 2.23. The lowest BCUT2D eigenvalue weighted by Crippen LogP contribution is -2.39. The maximum absolute atomic E-state index is 12.2. The van der Waals surface area contributed by atoms with Gasteiger partial charge in [-0.25, -0.2) is 13.8 Å². The van der Waals surface area contributed by atoms with Crippen LogP contribution in [0.4, 0.5) is 5.69 Å². The minimum Gasteiger partial charge on any atom is -0.494 e. The van der Waals surface area contributed by atoms with Crippen LogP contribution in [0, 0.1) is 0 Å². The van der Waals surface area contributed by atoms with Gasteiger partial charge in [0.1, 0.15) is 12.3 Å². The van der Waals surface area contributed by atoms with Crippen LogP contribution in [-0.4, -0.2) is 39.9 Å². The molecular weight excluding hydrogens is 449 g/mol. The summed E-state index contributed by atoms with van der Waals surface area (Å²) in [6.07, 6.45) is 4.47. The molecule has 2 aromatic rings. The van der Waals surface area contributed by atoms with E-state index >= 15 is 0 Å². The first-order valence-corrected chi connectivity index (χ1v) is 11.8. The third-order valence-electron chi connectivity index (χ3n) is 3.91. The monoisotopic (exact) mass is 471 g/mol. The number of unbranched alkanes of at least 4 members (excludes halogenated alkanes) is 1. The smallest absolute Gasteiger partial charge is 0.260 e. The van der Waals surface area contributed by atoms with Crippen LogP contribution in [0.1, 0.15) is 25.3 Å². The van der Waals surface area contributed by atoms with Crippen LogP contribution in [0.3, 0.4) is 0 Å². The molecule has 0 spiro atoms. The molecule has 0 unspecified atom stereocenters. The number of nitrogens with one attached hydrogen (secondary N) is 1. The Balaban J connectivity index is 2.00. The Hall–Kier alpha value is -2.29. The zero-order chi connectivity index (χ0) is 22.1. The fourth-order valence-electron chi connectivity index (χ4n) is 2.39. The second kappa shape index (κ2) is 11.2. The fourth-order valence-corrected chi connectivity index (χ4v) is 3.68. The summed E-state index contributed by atoms with van der Waals surface area (Å²) in [6, 6.07) is 11.6. The minimum absolute atomic E-state index is 0.115. The van der Waals surface area contributed by atoms with Crippen molar-refractivity contribution in [3.63, 3.8) is 0 Å². The van der Waals surface area contributed by atoms with E-state index in [2.05, 4.69) is 17.5 Å². The van der Waals surface area contributed by atoms with Gasteiger partial charge in [0, 0.05) is 5.02 Å². The number of carbonyl (C=O) groups excluding carboxylic acids is 1. The predicted molar refractivity (Wildman–Crippen MR) is 121 cm³/mol. The SMILES string of the molecule is CCCCOc1ccc(/C=N\NC(=O)CN(c2cc(Cl)ccc2Cl)S(C)(=O)=O)cc1. The van der Waals surface area contributed by atoms with E-state index in [0.29, 0.717) is 11.6 Å². The molecule has 0 radical (unpaired) electrons. The summed E-state index contributed by atoms with van der Waals surface area (Å²) in [5.41, 5.74) is 3.17. The van der Waals surface area contributed by atoms with Gasteiger partial charge < -0.3 is 4.74 Å². The Labute approximate surface area is 186 Å². The molecule has 10 heteroatoms. The Morgan fingerprint density at radius 3 is 2.53 bits per heavy atom. The van der Waals surface area contributed by atoms with Crippen LogP contribution >= 0.6 is 23.2 Å². The number of nitrogens with zero attached hydrogens (tertiary/aromatic N) is 2. The first kappa shape index (κ1) is 24.0. The molecule has 0 saturated carbocycles. The molecule has 162 valence electrons. The van der Waals surface area contributed by atoms with Crippen LogP contribution < -0.4 is 14.5 Å². The molecule has 1 amide bonds. The van der Waals surface area contributed by atoms with Gasteiger partial charge in [0.2, 0.25) is 10.0 Å². The number of amides is 1. The van der Waals surface area contributed by atoms with E-state index in [1.165, 1.54) is 24.4 Å². The molecule has 0 saturated heterocycles. The van der Waals surface area contributed by atoms with E-state index in [0.717, 1.165) is 34.7 Å². The van der Waals surface area contributed by atoms with E-state index in [1.54, 1.807) is 12.1 Å². The van der Waals surface area contributed by atoms with Crippen molar-refractivity contribution >= 4 is 51.0 Å². The van der Waals surface area contributed by atoms with Gasteiger partial charge in [-0.3, -0.25) is 9.10 Å². The first-order valence-electron chi connectivity index (χ1n) is 9.18. The van der Waals surface area contributed by atoms with Crippen LogP contribution in [-0.2, 0) is 14.8 Å². The zero-order valence-electron chi connectivity index (χ0n) is 16.6. The highest BCUT2D eigenvalue weighted by atomic mass is 35.5. The fraction of sp³-hybridized carbons (Fsp3) is 0.300. The first-order chi connectivity index (χ1) is 14.2. The number of carbonyl (C=O) groups is 1. The number of anilines is 1. The second-order valence-electron chi connectivity index (χ2n) is 6.43. The maximum atomic E-state index is 12.2. The molecule has 0 atom stereocenters. The third kappa shape index (κ3) is 7.51. The van der Waals surface area contributed by atoms with Gasteiger partial charge in [-0.1, -0.05) is 36.5 Å². The number of hydrazone groups is 1. The zero-order valence-corrected chi connectivity index (χ0v) is 19.0. The number of rotatable bonds is 10. The molecular formula is C20H23Cl2N3O4S. The van der Waals surface area contributed by atoms with Gasteiger partial charge in [0.05, 0.1) is 29.8 Å². The Bertz CT molecular complexity index is 996. The number of halogens is 2. The van der Waals surface area contributed by atoms with Crippen LogP contribution in [0.25, 0.3) is 0 Å². The van der Waals surface area contributed by atoms with Crippen molar-refractivity contribution in [1.29, 1.82) is 0 Å². The molecule has 7 nitrogen and oxygen atoms in total. The summed E-state index contributed by atoms with van der Waals surface area (Å²) in [6.45, 7) is 2.25. The summed E-state index contributed by atoms with van der Waals surface area (Å²) in [7, 11) is -3.78. The topological polar surface area (TPSA) is 88.1 Å². The largest absolute Gasteiger partial charge is 0.494 e. The van der Waals surface area contributed by atoms with Crippen molar-refractivity contribution < 1.29 is 17.9 Å². The van der Waals surface area contributed by atoms with E-state index in [-0.39, 0.29) is 10.7 Å². The summed E-state index contributed by atoms with van der Waals surface area (Å²) in [4.78, 5) is 12.2. The number of sulfonamides is 1. The van der Waals surface area contributed by atoms with E-state index < -0.39 is 22.5 Å². The van der Waals surface area contributed by atoms with Crippen LogP contribution in [0.2, 0.25) is 10.0 Å². The average Bonchev–Trinajstić information content (AvgIpc) is 2.69. The summed E-state index contributed by atoms with van der Waals surface area (Å²) in [5, 5.41) is 4.32. The Morgan fingerprint density at radius 1 is 1.20 bits per heavy atom. The van der Waals surface area contributed by atoms with E-state index in [9.17, 15) is 13.2 Å². The van der Waals surface area contributed by atoms with Gasteiger partial charge in [-0.15, -0.1) is 0 Å². The van der Waals surface area contributed by atoms with Crippen molar-refractivity contribution in [2.75, 3.05) is 23.7 Å². The molecule has 0 heterocycles. The Kier molecular flexibility index (Phi) is 8.95. The average molecular weight is 472 g/mol.